The maximum atomic E-state index is 6.06. The van der Waals surface area contributed by atoms with Gasteiger partial charge in [-0.3, -0.25) is 4.98 Å². The summed E-state index contributed by atoms with van der Waals surface area (Å²) in [6.45, 7) is 2.48. The van der Waals surface area contributed by atoms with Gasteiger partial charge in [0, 0.05) is 5.39 Å². The molecule has 4 heteroatoms. The molecule has 0 spiro atoms. The molecule has 4 nitrogen and oxygen atoms in total. The van der Waals surface area contributed by atoms with Crippen LogP contribution < -0.4 is 15.2 Å². The van der Waals surface area contributed by atoms with Crippen LogP contribution in [0.1, 0.15) is 6.92 Å². The van der Waals surface area contributed by atoms with Crippen LogP contribution in [0.25, 0.3) is 10.9 Å². The number of nitrogen functional groups attached to an aromatic ring is 1. The first-order valence-electron chi connectivity index (χ1n) is 6.82. The highest BCUT2D eigenvalue weighted by Gasteiger charge is 2.08. The normalized spacial score (nSPS) is 10.5. The van der Waals surface area contributed by atoms with Crippen LogP contribution in [0.3, 0.4) is 0 Å². The number of anilines is 1. The maximum absolute atomic E-state index is 6.06. The van der Waals surface area contributed by atoms with Gasteiger partial charge in [-0.05, 0) is 31.2 Å². The van der Waals surface area contributed by atoms with Gasteiger partial charge in [-0.15, -0.1) is 0 Å². The lowest BCUT2D eigenvalue weighted by molar-refractivity contribution is 0.340. The SMILES string of the molecule is CCOc1cccc(Oc2cnc3ccccc3c2)c1N. The molecule has 21 heavy (non-hydrogen) atoms. The van der Waals surface area contributed by atoms with Crippen molar-refractivity contribution in [2.45, 2.75) is 6.92 Å². The fourth-order valence-corrected chi connectivity index (χ4v) is 2.13. The Morgan fingerprint density at radius 2 is 1.86 bits per heavy atom. The van der Waals surface area contributed by atoms with Crippen LogP contribution in [0.2, 0.25) is 0 Å². The summed E-state index contributed by atoms with van der Waals surface area (Å²) in [6.07, 6.45) is 1.69. The van der Waals surface area contributed by atoms with Crippen molar-refractivity contribution in [3.63, 3.8) is 0 Å². The van der Waals surface area contributed by atoms with Crippen molar-refractivity contribution in [1.29, 1.82) is 0 Å². The third kappa shape index (κ3) is 2.74. The Kier molecular flexibility index (Phi) is 3.60. The van der Waals surface area contributed by atoms with Crippen LogP contribution in [0.4, 0.5) is 5.69 Å². The van der Waals surface area contributed by atoms with E-state index in [2.05, 4.69) is 4.98 Å². The lowest BCUT2D eigenvalue weighted by Crippen LogP contribution is -1.99. The molecule has 0 saturated carbocycles. The van der Waals surface area contributed by atoms with Gasteiger partial charge in [0.1, 0.15) is 17.2 Å². The number of rotatable bonds is 4. The van der Waals surface area contributed by atoms with Gasteiger partial charge in [0.2, 0.25) is 0 Å². The minimum atomic E-state index is 0.493. The molecular weight excluding hydrogens is 264 g/mol. The molecule has 0 radical (unpaired) electrons. The molecule has 0 aliphatic rings. The Hall–Kier alpha value is -2.75. The highest BCUT2D eigenvalue weighted by Crippen LogP contribution is 2.34. The molecule has 0 unspecified atom stereocenters. The van der Waals surface area contributed by atoms with E-state index in [9.17, 15) is 0 Å². The number of nitrogens with two attached hydrogens (primary N) is 1. The second kappa shape index (κ2) is 5.71. The van der Waals surface area contributed by atoms with Crippen LogP contribution in [0.5, 0.6) is 17.2 Å². The van der Waals surface area contributed by atoms with E-state index in [4.69, 9.17) is 15.2 Å². The summed E-state index contributed by atoms with van der Waals surface area (Å²) in [7, 11) is 0. The van der Waals surface area contributed by atoms with Gasteiger partial charge >= 0.3 is 0 Å². The van der Waals surface area contributed by atoms with Crippen molar-refractivity contribution in [3.05, 3.63) is 54.7 Å². The predicted octanol–water partition coefficient (Wildman–Crippen LogP) is 4.01. The highest BCUT2D eigenvalue weighted by atomic mass is 16.5. The molecule has 2 N–H and O–H groups in total. The van der Waals surface area contributed by atoms with E-state index in [0.717, 1.165) is 10.9 Å². The summed E-state index contributed by atoms with van der Waals surface area (Å²) >= 11 is 0. The lowest BCUT2D eigenvalue weighted by atomic mass is 10.2. The van der Waals surface area contributed by atoms with E-state index in [-0.39, 0.29) is 0 Å². The van der Waals surface area contributed by atoms with Gasteiger partial charge in [-0.25, -0.2) is 0 Å². The largest absolute Gasteiger partial charge is 0.492 e. The van der Waals surface area contributed by atoms with Crippen molar-refractivity contribution in [1.82, 2.24) is 4.98 Å². The second-order valence-electron chi connectivity index (χ2n) is 4.57. The molecule has 2 aromatic carbocycles. The zero-order valence-electron chi connectivity index (χ0n) is 11.7. The van der Waals surface area contributed by atoms with Gasteiger partial charge < -0.3 is 15.2 Å². The average Bonchev–Trinajstić information content (AvgIpc) is 2.51. The number of nitrogens with zero attached hydrogens (tertiary/aromatic N) is 1. The maximum Gasteiger partial charge on any atom is 0.154 e. The highest BCUT2D eigenvalue weighted by molar-refractivity contribution is 5.79. The molecule has 0 atom stereocenters. The minimum absolute atomic E-state index is 0.493. The summed E-state index contributed by atoms with van der Waals surface area (Å²) < 4.78 is 11.3. The van der Waals surface area contributed by atoms with E-state index >= 15 is 0 Å². The fourth-order valence-electron chi connectivity index (χ4n) is 2.13. The Morgan fingerprint density at radius 3 is 2.71 bits per heavy atom. The summed E-state index contributed by atoms with van der Waals surface area (Å²) in [5.74, 6) is 1.84. The minimum Gasteiger partial charge on any atom is -0.492 e. The number of pyridine rings is 1. The van der Waals surface area contributed by atoms with Crippen molar-refractivity contribution in [3.8, 4) is 17.2 Å². The van der Waals surface area contributed by atoms with Crippen LogP contribution in [0.15, 0.2) is 54.7 Å². The summed E-state index contributed by atoms with van der Waals surface area (Å²) in [6, 6.07) is 15.3. The van der Waals surface area contributed by atoms with Gasteiger partial charge in [0.05, 0.1) is 18.3 Å². The quantitative estimate of drug-likeness (QED) is 0.734. The topological polar surface area (TPSA) is 57.4 Å². The molecule has 0 amide bonds. The monoisotopic (exact) mass is 280 g/mol. The third-order valence-corrected chi connectivity index (χ3v) is 3.12. The second-order valence-corrected chi connectivity index (χ2v) is 4.57. The Labute approximate surface area is 123 Å². The van der Waals surface area contributed by atoms with E-state index < -0.39 is 0 Å². The van der Waals surface area contributed by atoms with Crippen molar-refractivity contribution >= 4 is 16.6 Å². The molecule has 3 aromatic rings. The van der Waals surface area contributed by atoms with Crippen molar-refractivity contribution in [2.75, 3.05) is 12.3 Å². The van der Waals surface area contributed by atoms with Gasteiger partial charge in [0.15, 0.2) is 5.75 Å². The number of aromatic nitrogens is 1. The van der Waals surface area contributed by atoms with Crippen molar-refractivity contribution in [2.24, 2.45) is 0 Å². The first-order chi connectivity index (χ1) is 10.3. The number of hydrogen-bond acceptors (Lipinski definition) is 4. The molecular formula is C17H16N2O2. The van der Waals surface area contributed by atoms with E-state index in [1.54, 1.807) is 6.20 Å². The van der Waals surface area contributed by atoms with Crippen molar-refractivity contribution < 1.29 is 9.47 Å². The molecule has 106 valence electrons. The molecule has 0 aliphatic heterocycles. The third-order valence-electron chi connectivity index (χ3n) is 3.12. The summed E-state index contributed by atoms with van der Waals surface area (Å²) in [5, 5.41) is 1.02. The smallest absolute Gasteiger partial charge is 0.154 e. The lowest BCUT2D eigenvalue weighted by Gasteiger charge is -2.12. The van der Waals surface area contributed by atoms with Gasteiger partial charge in [-0.1, -0.05) is 24.3 Å². The first kappa shape index (κ1) is 13.2. The van der Waals surface area contributed by atoms with E-state index in [1.807, 2.05) is 55.5 Å². The summed E-state index contributed by atoms with van der Waals surface area (Å²) in [5.41, 5.74) is 7.48. The van der Waals surface area contributed by atoms with Crippen LogP contribution in [-0.2, 0) is 0 Å². The zero-order chi connectivity index (χ0) is 14.7. The number of benzene rings is 2. The molecule has 0 aliphatic carbocycles. The standard InChI is InChI=1S/C17H16N2O2/c1-2-20-15-8-5-9-16(17(15)18)21-13-10-12-6-3-4-7-14(12)19-11-13/h3-11H,2,18H2,1H3. The fraction of sp³-hybridized carbons (Fsp3) is 0.118. The average molecular weight is 280 g/mol. The van der Waals surface area contributed by atoms with Gasteiger partial charge in [0.25, 0.3) is 0 Å². The molecule has 0 fully saturated rings. The Balaban J connectivity index is 1.93. The Morgan fingerprint density at radius 1 is 1.05 bits per heavy atom. The molecule has 0 saturated heterocycles. The number of fused-ring (bicyclic) bond motifs is 1. The molecule has 0 bridgehead atoms. The van der Waals surface area contributed by atoms with E-state index in [0.29, 0.717) is 29.5 Å². The van der Waals surface area contributed by atoms with Crippen LogP contribution >= 0.6 is 0 Å². The van der Waals surface area contributed by atoms with Crippen LogP contribution in [0, 0.1) is 0 Å². The van der Waals surface area contributed by atoms with E-state index in [1.165, 1.54) is 0 Å². The predicted molar refractivity (Wildman–Crippen MR) is 83.8 cm³/mol. The first-order valence-corrected chi connectivity index (χ1v) is 6.82. The number of ether oxygens (including phenoxy) is 2. The zero-order valence-corrected chi connectivity index (χ0v) is 11.7. The number of hydrogen-bond donors (Lipinski definition) is 1. The molecule has 1 heterocycles. The van der Waals surface area contributed by atoms with Gasteiger partial charge in [-0.2, -0.15) is 0 Å². The summed E-state index contributed by atoms with van der Waals surface area (Å²) in [4.78, 5) is 4.37. The molecule has 3 rings (SSSR count). The number of para-hydroxylation sites is 2. The Bertz CT molecular complexity index is 772. The van der Waals surface area contributed by atoms with Crippen LogP contribution in [-0.4, -0.2) is 11.6 Å². The molecule has 1 aromatic heterocycles.